The monoisotopic (exact) mass is 414 g/mol. The molecule has 2 aromatic carbocycles. The molecule has 2 aromatic heterocycles. The summed E-state index contributed by atoms with van der Waals surface area (Å²) in [6, 6.07) is 18.0. The van der Waals surface area contributed by atoms with Gasteiger partial charge >= 0.3 is 5.97 Å². The van der Waals surface area contributed by atoms with Crippen molar-refractivity contribution in [3.8, 4) is 5.88 Å². The number of ether oxygens (including phenoxy) is 1. The summed E-state index contributed by atoms with van der Waals surface area (Å²) >= 11 is 0. The molecule has 4 aromatic rings. The van der Waals surface area contributed by atoms with Crippen LogP contribution in [0.1, 0.15) is 37.4 Å². The van der Waals surface area contributed by atoms with Gasteiger partial charge in [0.2, 0.25) is 5.88 Å². The summed E-state index contributed by atoms with van der Waals surface area (Å²) in [7, 11) is 0. The van der Waals surface area contributed by atoms with Crippen molar-refractivity contribution in [2.75, 3.05) is 0 Å². The van der Waals surface area contributed by atoms with Crippen LogP contribution >= 0.6 is 0 Å². The molecule has 0 aliphatic carbocycles. The van der Waals surface area contributed by atoms with Crippen LogP contribution in [0.3, 0.4) is 0 Å². The minimum atomic E-state index is -1.04. The summed E-state index contributed by atoms with van der Waals surface area (Å²) in [6.45, 7) is 1.86. The van der Waals surface area contributed by atoms with Crippen molar-refractivity contribution in [3.05, 3.63) is 111 Å². The van der Waals surface area contributed by atoms with Crippen LogP contribution in [0.4, 0.5) is 0 Å². The number of ketones is 1. The summed E-state index contributed by atoms with van der Waals surface area (Å²) in [5, 5.41) is 8.96. The zero-order valence-electron chi connectivity index (χ0n) is 16.6. The first-order chi connectivity index (χ1) is 14.9. The van der Waals surface area contributed by atoms with Gasteiger partial charge in [0, 0.05) is 17.3 Å². The number of nitrogens with zero attached hydrogens (tertiary/aromatic N) is 2. The number of carbonyl (C=O) groups excluding carboxylic acids is 1. The number of benzene rings is 2. The lowest BCUT2D eigenvalue weighted by atomic mass is 10.0. The number of fused-ring (bicyclic) bond motifs is 1. The minimum absolute atomic E-state index is 0.126. The van der Waals surface area contributed by atoms with E-state index in [9.17, 15) is 14.4 Å². The number of carboxylic acids is 1. The Morgan fingerprint density at radius 1 is 0.935 bits per heavy atom. The maximum absolute atomic E-state index is 12.6. The summed E-state index contributed by atoms with van der Waals surface area (Å²) in [4.78, 5) is 40.4. The summed E-state index contributed by atoms with van der Waals surface area (Å²) in [6.07, 6.45) is 1.66. The van der Waals surface area contributed by atoms with Crippen molar-refractivity contribution >= 4 is 17.4 Å². The van der Waals surface area contributed by atoms with Gasteiger partial charge in [0.15, 0.2) is 5.78 Å². The Morgan fingerprint density at radius 3 is 2.19 bits per heavy atom. The molecule has 0 saturated carbocycles. The van der Waals surface area contributed by atoms with Gasteiger partial charge in [-0.3, -0.25) is 14.0 Å². The van der Waals surface area contributed by atoms with E-state index in [2.05, 4.69) is 4.98 Å². The van der Waals surface area contributed by atoms with Gasteiger partial charge in [-0.1, -0.05) is 42.5 Å². The third-order valence-corrected chi connectivity index (χ3v) is 4.90. The van der Waals surface area contributed by atoms with Crippen LogP contribution in [0.5, 0.6) is 5.88 Å². The quantitative estimate of drug-likeness (QED) is 0.485. The molecule has 2 heterocycles. The average Bonchev–Trinajstić information content (AvgIpc) is 2.80. The first kappa shape index (κ1) is 20.0. The van der Waals surface area contributed by atoms with Gasteiger partial charge in [-0.15, -0.1) is 0 Å². The van der Waals surface area contributed by atoms with E-state index < -0.39 is 5.97 Å². The fourth-order valence-electron chi connectivity index (χ4n) is 3.13. The molecule has 7 heteroatoms. The Hall–Kier alpha value is -4.26. The number of pyridine rings is 1. The van der Waals surface area contributed by atoms with Crippen LogP contribution in [0.15, 0.2) is 77.7 Å². The molecule has 0 radical (unpaired) electrons. The highest BCUT2D eigenvalue weighted by molar-refractivity contribution is 6.09. The van der Waals surface area contributed by atoms with Gasteiger partial charge < -0.3 is 9.84 Å². The van der Waals surface area contributed by atoms with Crippen LogP contribution in [-0.4, -0.2) is 26.2 Å². The van der Waals surface area contributed by atoms with E-state index >= 15 is 0 Å². The maximum Gasteiger partial charge on any atom is 0.335 e. The van der Waals surface area contributed by atoms with E-state index in [1.54, 1.807) is 55.6 Å². The van der Waals surface area contributed by atoms with Crippen molar-refractivity contribution in [3.63, 3.8) is 0 Å². The van der Waals surface area contributed by atoms with Crippen molar-refractivity contribution in [1.82, 2.24) is 9.38 Å². The van der Waals surface area contributed by atoms with Crippen molar-refractivity contribution in [2.45, 2.75) is 13.5 Å². The smallest absolute Gasteiger partial charge is 0.335 e. The topological polar surface area (TPSA) is 98.0 Å². The van der Waals surface area contributed by atoms with Crippen molar-refractivity contribution < 1.29 is 19.4 Å². The predicted octanol–water partition coefficient (Wildman–Crippen LogP) is 3.51. The van der Waals surface area contributed by atoms with E-state index in [0.29, 0.717) is 22.3 Å². The second-order valence-electron chi connectivity index (χ2n) is 6.97. The van der Waals surface area contributed by atoms with Gasteiger partial charge in [0.1, 0.15) is 12.3 Å². The molecule has 7 nitrogen and oxygen atoms in total. The lowest BCUT2D eigenvalue weighted by Gasteiger charge is -2.10. The normalized spacial score (nSPS) is 10.7. The number of aromatic nitrogens is 2. The SMILES string of the molecule is Cc1c(OCc2ccc(C(=O)c3ccc(C(=O)O)cc3)cc2)nc2ccccn2c1=O. The first-order valence-corrected chi connectivity index (χ1v) is 9.52. The Kier molecular flexibility index (Phi) is 5.32. The van der Waals surface area contributed by atoms with E-state index in [1.807, 2.05) is 0 Å². The highest BCUT2D eigenvalue weighted by atomic mass is 16.5. The molecule has 31 heavy (non-hydrogen) atoms. The van der Waals surface area contributed by atoms with Gasteiger partial charge in [0.05, 0.1) is 11.1 Å². The molecule has 0 spiro atoms. The summed E-state index contributed by atoms with van der Waals surface area (Å²) in [5.41, 5.74) is 2.56. The lowest BCUT2D eigenvalue weighted by Crippen LogP contribution is -2.19. The predicted molar refractivity (Wildman–Crippen MR) is 114 cm³/mol. The summed E-state index contributed by atoms with van der Waals surface area (Å²) in [5.74, 6) is -0.971. The van der Waals surface area contributed by atoms with Gasteiger partial charge in [-0.2, -0.15) is 4.98 Å². The highest BCUT2D eigenvalue weighted by Crippen LogP contribution is 2.16. The third-order valence-electron chi connectivity index (χ3n) is 4.90. The van der Waals surface area contributed by atoms with Crippen LogP contribution in [0.25, 0.3) is 5.65 Å². The number of carbonyl (C=O) groups is 2. The molecule has 0 aliphatic heterocycles. The number of aromatic carboxylic acids is 1. The molecule has 0 bridgehead atoms. The number of hydrogen-bond donors (Lipinski definition) is 1. The standard InChI is InChI=1S/C24H18N2O5/c1-15-22(25-20-4-2-3-13-26(20)23(15)28)31-14-16-5-7-17(8-6-16)21(27)18-9-11-19(12-10-18)24(29)30/h2-13H,14H2,1H3,(H,29,30). The van der Waals surface area contributed by atoms with E-state index in [4.69, 9.17) is 9.84 Å². The fraction of sp³-hybridized carbons (Fsp3) is 0.0833. The second kappa shape index (κ2) is 8.23. The molecule has 0 saturated heterocycles. The van der Waals surface area contributed by atoms with E-state index in [-0.39, 0.29) is 29.4 Å². The zero-order valence-corrected chi connectivity index (χ0v) is 16.6. The van der Waals surface area contributed by atoms with Crippen molar-refractivity contribution in [2.24, 2.45) is 0 Å². The largest absolute Gasteiger partial charge is 0.478 e. The number of hydrogen-bond acceptors (Lipinski definition) is 5. The first-order valence-electron chi connectivity index (χ1n) is 9.52. The molecule has 4 rings (SSSR count). The maximum atomic E-state index is 12.6. The molecule has 154 valence electrons. The molecule has 0 unspecified atom stereocenters. The third kappa shape index (κ3) is 4.06. The Morgan fingerprint density at radius 2 is 1.55 bits per heavy atom. The highest BCUT2D eigenvalue weighted by Gasteiger charge is 2.12. The Labute approximate surface area is 177 Å². The van der Waals surface area contributed by atoms with Gasteiger partial charge in [-0.25, -0.2) is 4.79 Å². The molecule has 0 aliphatic rings. The van der Waals surface area contributed by atoms with E-state index in [0.717, 1.165) is 5.56 Å². The van der Waals surface area contributed by atoms with E-state index in [1.165, 1.54) is 28.7 Å². The molecule has 0 atom stereocenters. The molecule has 1 N–H and O–H groups in total. The molecule has 0 fully saturated rings. The second-order valence-corrected chi connectivity index (χ2v) is 6.97. The van der Waals surface area contributed by atoms with Crippen molar-refractivity contribution in [1.29, 1.82) is 0 Å². The van der Waals surface area contributed by atoms with Crippen LogP contribution in [0, 0.1) is 6.92 Å². The van der Waals surface area contributed by atoms with Gasteiger partial charge in [-0.05, 0) is 36.8 Å². The summed E-state index contributed by atoms with van der Waals surface area (Å²) < 4.78 is 7.23. The van der Waals surface area contributed by atoms with Crippen LogP contribution in [0.2, 0.25) is 0 Å². The van der Waals surface area contributed by atoms with Crippen LogP contribution < -0.4 is 10.3 Å². The Balaban J connectivity index is 1.48. The number of carboxylic acid groups (broad SMARTS) is 1. The van der Waals surface area contributed by atoms with Crippen LogP contribution in [-0.2, 0) is 6.61 Å². The minimum Gasteiger partial charge on any atom is -0.478 e. The van der Waals surface area contributed by atoms with Gasteiger partial charge in [0.25, 0.3) is 5.56 Å². The number of rotatable bonds is 6. The zero-order chi connectivity index (χ0) is 22.0. The molecular formula is C24H18N2O5. The molecule has 0 amide bonds. The Bertz CT molecular complexity index is 1340. The fourth-order valence-corrected chi connectivity index (χ4v) is 3.13. The lowest BCUT2D eigenvalue weighted by molar-refractivity contribution is 0.0696. The molecular weight excluding hydrogens is 396 g/mol. The average molecular weight is 414 g/mol.